The SMILES string of the molecule is Oc1c(-c2c3c(O)c(O)c(O)c(O)c3c(-c3c(O)c(O)c(-c4c(O)c(O)c5c(O)c(O)c(O)c(O)c5c4O)c4c(O)c(O)c(O)c(O)c34)c3c(O)c(O)c(O)c(O)c23)c(O)c2c(oc3c(O)c4c(O)c(O)c(O)c(O)c4c(O)c32)c1O. The highest BCUT2D eigenvalue weighted by molar-refractivity contribution is 6.35. The molecule has 11 aromatic rings. The summed E-state index contributed by atoms with van der Waals surface area (Å²) in [4.78, 5) is 0. The van der Waals surface area contributed by atoms with Gasteiger partial charge in [0.05, 0.1) is 43.4 Å². The molecule has 0 aliphatic carbocycles. The summed E-state index contributed by atoms with van der Waals surface area (Å²) >= 11 is 0. The molecule has 0 amide bonds. The van der Waals surface area contributed by atoms with Crippen LogP contribution in [0.1, 0.15) is 0 Å². The lowest BCUT2D eigenvalue weighted by atomic mass is 9.80. The number of benzene rings is 10. The number of furan rings is 1. The van der Waals surface area contributed by atoms with Gasteiger partial charge in [0.1, 0.15) is 17.2 Å². The van der Waals surface area contributed by atoms with Crippen molar-refractivity contribution >= 4 is 75.8 Å². The van der Waals surface area contributed by atoms with E-state index in [1.165, 1.54) is 0 Å². The quantitative estimate of drug-likeness (QED) is 0.0588. The lowest BCUT2D eigenvalue weighted by Gasteiger charge is -2.26. The van der Waals surface area contributed by atoms with Crippen molar-refractivity contribution in [3.8, 4) is 206 Å². The first-order valence-corrected chi connectivity index (χ1v) is 21.9. The molecule has 30 N–H and O–H groups in total. The van der Waals surface area contributed by atoms with Gasteiger partial charge >= 0.3 is 0 Å². The molecule has 0 atom stereocenters. The Morgan fingerprint density at radius 1 is 0.111 bits per heavy atom. The number of rotatable bonds is 3. The fraction of sp³-hybridized carbons (Fsp3) is 0. The predicted octanol–water partition coefficient (Wildman–Crippen LogP) is 5.52. The summed E-state index contributed by atoms with van der Waals surface area (Å²) in [6, 6.07) is 0. The maximum absolute atomic E-state index is 12.4. The Hall–Kier alpha value is -12.7. The first-order chi connectivity index (χ1) is 37.8. The van der Waals surface area contributed by atoms with Crippen molar-refractivity contribution in [1.29, 1.82) is 0 Å². The lowest BCUT2D eigenvalue weighted by Crippen LogP contribution is -1.98. The number of hydrogen-bond acceptors (Lipinski definition) is 31. The van der Waals surface area contributed by atoms with Crippen molar-refractivity contribution in [2.45, 2.75) is 0 Å². The Bertz CT molecular complexity index is 4840. The van der Waals surface area contributed by atoms with E-state index in [0.29, 0.717) is 0 Å². The first kappa shape index (κ1) is 50.5. The van der Waals surface area contributed by atoms with Gasteiger partial charge in [-0.3, -0.25) is 0 Å². The minimum atomic E-state index is -1.98. The van der Waals surface area contributed by atoms with Crippen molar-refractivity contribution in [3.05, 3.63) is 0 Å². The van der Waals surface area contributed by atoms with Crippen molar-refractivity contribution in [2.75, 3.05) is 0 Å². The van der Waals surface area contributed by atoms with Crippen molar-refractivity contribution in [1.82, 2.24) is 0 Å². The molecule has 1 aromatic heterocycles. The standard InChI is InChI=1S/C50H30O31/c51-19-12(30(62)31(63)15-13(19)32(64)44(76)46(78)34(15)66)10-9-8(28(60)42(74)43(75)29(9)61)5(22(54)23(10)55)1-3-6(26(58)40(72)38(70)24(3)56)2(7-4(1)25(57)39(71)41(73)27(7)59)11-20(52)18-17-21(53)14-16(35(67)47(79)45(77)33(14)65)37(69)49(17)81-50(18)48(80)36(11)68/h51-80H. The van der Waals surface area contributed by atoms with Gasteiger partial charge in [-0.25, -0.2) is 0 Å². The van der Waals surface area contributed by atoms with E-state index >= 15 is 0 Å². The monoisotopic (exact) mass is 1130 g/mol. The Morgan fingerprint density at radius 3 is 0.654 bits per heavy atom. The van der Waals surface area contributed by atoms with Gasteiger partial charge in [0.25, 0.3) is 0 Å². The van der Waals surface area contributed by atoms with Crippen LogP contribution in [0.2, 0.25) is 0 Å². The van der Waals surface area contributed by atoms with Gasteiger partial charge < -0.3 is 158 Å². The van der Waals surface area contributed by atoms with E-state index in [4.69, 9.17) is 4.42 Å². The van der Waals surface area contributed by atoms with Crippen LogP contribution in [0, 0.1) is 0 Å². The third-order valence-corrected chi connectivity index (χ3v) is 14.1. The molecule has 0 saturated carbocycles. The van der Waals surface area contributed by atoms with E-state index < -0.39 is 282 Å². The summed E-state index contributed by atoms with van der Waals surface area (Å²) < 4.78 is 5.47. The van der Waals surface area contributed by atoms with Crippen LogP contribution in [0.15, 0.2) is 4.42 Å². The highest BCUT2D eigenvalue weighted by atomic mass is 16.4. The molecule has 11 rings (SSSR count). The topological polar surface area (TPSA) is 620 Å². The highest BCUT2D eigenvalue weighted by Crippen LogP contribution is 2.71. The number of fused-ring (bicyclic) bond motifs is 8. The van der Waals surface area contributed by atoms with Gasteiger partial charge in [-0.15, -0.1) is 0 Å². The zero-order valence-electron chi connectivity index (χ0n) is 38.8. The van der Waals surface area contributed by atoms with E-state index in [1.807, 2.05) is 0 Å². The van der Waals surface area contributed by atoms with Gasteiger partial charge in [-0.05, 0) is 0 Å². The molecular formula is C50H30O31. The second kappa shape index (κ2) is 15.5. The molecule has 1 heterocycles. The number of phenolic OH excluding ortho intramolecular Hbond substituents is 30. The molecule has 0 bridgehead atoms. The predicted molar refractivity (Wildman–Crippen MR) is 268 cm³/mol. The van der Waals surface area contributed by atoms with E-state index in [9.17, 15) is 153 Å². The molecule has 0 aliphatic heterocycles. The normalized spacial score (nSPS) is 12.0. The largest absolute Gasteiger partial charge is 0.506 e. The van der Waals surface area contributed by atoms with Crippen LogP contribution < -0.4 is 0 Å². The third kappa shape index (κ3) is 5.55. The average Bonchev–Trinajstić information content (AvgIpc) is 4.07. The summed E-state index contributed by atoms with van der Waals surface area (Å²) in [5, 5.41) is 324. The molecular weight excluding hydrogens is 1100 g/mol. The molecule has 81 heavy (non-hydrogen) atoms. The van der Waals surface area contributed by atoms with E-state index in [2.05, 4.69) is 0 Å². The molecule has 0 fully saturated rings. The van der Waals surface area contributed by atoms with Crippen molar-refractivity contribution < 1.29 is 158 Å². The molecule has 10 aromatic carbocycles. The molecule has 31 nitrogen and oxygen atoms in total. The average molecular weight is 1130 g/mol. The molecule has 31 heteroatoms. The van der Waals surface area contributed by atoms with E-state index in [1.54, 1.807) is 0 Å². The maximum Gasteiger partial charge on any atom is 0.205 e. The van der Waals surface area contributed by atoms with Gasteiger partial charge in [0.15, 0.2) is 103 Å². The van der Waals surface area contributed by atoms with Gasteiger partial charge in [-0.2, -0.15) is 0 Å². The molecule has 0 unspecified atom stereocenters. The van der Waals surface area contributed by atoms with Crippen molar-refractivity contribution in [2.24, 2.45) is 0 Å². The zero-order valence-corrected chi connectivity index (χ0v) is 38.8. The molecule has 0 aliphatic rings. The fourth-order valence-electron chi connectivity index (χ4n) is 10.4. The number of phenols is 30. The van der Waals surface area contributed by atoms with Crippen molar-refractivity contribution in [3.63, 3.8) is 0 Å². The minimum absolute atomic E-state index is 1.07. The maximum atomic E-state index is 12.4. The van der Waals surface area contributed by atoms with Crippen LogP contribution in [0.4, 0.5) is 0 Å². The Morgan fingerprint density at radius 2 is 0.296 bits per heavy atom. The van der Waals surface area contributed by atoms with Gasteiger partial charge in [0.2, 0.25) is 63.2 Å². The summed E-state index contributed by atoms with van der Waals surface area (Å²) in [5.41, 5.74) is -11.6. The summed E-state index contributed by atoms with van der Waals surface area (Å²) in [5.74, 6) is -51.4. The molecule has 0 spiro atoms. The summed E-state index contributed by atoms with van der Waals surface area (Å²) in [6.07, 6.45) is 0. The Kier molecular flexibility index (Phi) is 9.63. The number of aromatic hydroxyl groups is 30. The van der Waals surface area contributed by atoms with Crippen LogP contribution in [0.25, 0.3) is 109 Å². The van der Waals surface area contributed by atoms with Gasteiger partial charge in [-0.1, -0.05) is 0 Å². The van der Waals surface area contributed by atoms with Gasteiger partial charge in [0, 0.05) is 54.6 Å². The van der Waals surface area contributed by atoms with Crippen LogP contribution in [-0.4, -0.2) is 153 Å². The molecule has 0 radical (unpaired) electrons. The van der Waals surface area contributed by atoms with Crippen LogP contribution in [-0.2, 0) is 0 Å². The molecule has 0 saturated heterocycles. The fourth-order valence-corrected chi connectivity index (χ4v) is 10.4. The molecule has 416 valence electrons. The first-order valence-electron chi connectivity index (χ1n) is 21.9. The zero-order chi connectivity index (χ0) is 59.6. The van der Waals surface area contributed by atoms with E-state index in [0.717, 1.165) is 0 Å². The highest BCUT2D eigenvalue weighted by Gasteiger charge is 2.42. The summed E-state index contributed by atoms with van der Waals surface area (Å²) in [7, 11) is 0. The second-order valence-corrected chi connectivity index (χ2v) is 18.0. The minimum Gasteiger partial charge on any atom is -0.506 e. The Labute approximate surface area is 438 Å². The number of hydrogen-bond donors (Lipinski definition) is 30. The smallest absolute Gasteiger partial charge is 0.205 e. The van der Waals surface area contributed by atoms with E-state index in [-0.39, 0.29) is 0 Å². The van der Waals surface area contributed by atoms with Crippen LogP contribution >= 0.6 is 0 Å². The summed E-state index contributed by atoms with van der Waals surface area (Å²) in [6.45, 7) is 0. The van der Waals surface area contributed by atoms with Crippen LogP contribution in [0.3, 0.4) is 0 Å². The lowest BCUT2D eigenvalue weighted by molar-refractivity contribution is 0.347. The van der Waals surface area contributed by atoms with Crippen LogP contribution in [0.5, 0.6) is 172 Å². The third-order valence-electron chi connectivity index (χ3n) is 14.1. The Balaban J connectivity index is 1.42. The second-order valence-electron chi connectivity index (χ2n) is 18.0.